The van der Waals surface area contributed by atoms with Gasteiger partial charge in [0.1, 0.15) is 5.01 Å². The molecule has 2 aromatic heterocycles. The summed E-state index contributed by atoms with van der Waals surface area (Å²) in [5.41, 5.74) is 3.10. The molecule has 136 valence electrons. The Morgan fingerprint density at radius 3 is 2.50 bits per heavy atom. The van der Waals surface area contributed by atoms with Gasteiger partial charge in [-0.25, -0.2) is 4.98 Å². The predicted octanol–water partition coefficient (Wildman–Crippen LogP) is 5.63. The van der Waals surface area contributed by atoms with Crippen LogP contribution in [0.4, 0.5) is 0 Å². The van der Waals surface area contributed by atoms with Crippen molar-refractivity contribution in [1.29, 1.82) is 0 Å². The highest BCUT2D eigenvalue weighted by Gasteiger charge is 2.28. The van der Waals surface area contributed by atoms with Gasteiger partial charge in [0.15, 0.2) is 0 Å². The van der Waals surface area contributed by atoms with Crippen molar-refractivity contribution in [3.63, 3.8) is 0 Å². The lowest BCUT2D eigenvalue weighted by Crippen LogP contribution is -2.37. The second-order valence-corrected chi connectivity index (χ2v) is 9.41. The lowest BCUT2D eigenvalue weighted by atomic mass is 9.85. The number of rotatable bonds is 5. The highest BCUT2D eigenvalue weighted by atomic mass is 32.1. The summed E-state index contributed by atoms with van der Waals surface area (Å²) in [5, 5.41) is 8.19. The fourth-order valence-corrected chi connectivity index (χ4v) is 4.61. The Hall–Kier alpha value is -1.98. The average molecular weight is 385 g/mol. The molecule has 0 spiro atoms. The minimum absolute atomic E-state index is 0.00482. The topological polar surface area (TPSA) is 42.0 Å². The van der Waals surface area contributed by atoms with Crippen LogP contribution in [-0.4, -0.2) is 10.9 Å². The molecule has 1 atom stereocenters. The Morgan fingerprint density at radius 2 is 1.88 bits per heavy atom. The summed E-state index contributed by atoms with van der Waals surface area (Å²) < 4.78 is 0. The molecule has 3 aromatic rings. The number of hydrogen-bond donors (Lipinski definition) is 1. The van der Waals surface area contributed by atoms with E-state index in [2.05, 4.69) is 73.7 Å². The molecule has 0 saturated heterocycles. The van der Waals surface area contributed by atoms with E-state index in [4.69, 9.17) is 0 Å². The summed E-state index contributed by atoms with van der Waals surface area (Å²) in [5.74, 6) is 0.0130. The molecule has 1 aromatic carbocycles. The van der Waals surface area contributed by atoms with Gasteiger partial charge >= 0.3 is 0 Å². The third-order valence-corrected chi connectivity index (χ3v) is 6.07. The molecule has 5 heteroatoms. The molecule has 0 fully saturated rings. The van der Waals surface area contributed by atoms with Gasteiger partial charge in [-0.15, -0.1) is 22.7 Å². The lowest BCUT2D eigenvalue weighted by molar-refractivity contribution is -0.122. The smallest absolute Gasteiger partial charge is 0.226 e. The van der Waals surface area contributed by atoms with E-state index in [1.165, 1.54) is 10.4 Å². The lowest BCUT2D eigenvalue weighted by Gasteiger charge is -2.30. The molecule has 0 radical (unpaired) electrons. The van der Waals surface area contributed by atoms with Crippen molar-refractivity contribution in [3.05, 3.63) is 63.3 Å². The number of amides is 1. The second kappa shape index (κ2) is 7.72. The Balaban J connectivity index is 1.69. The number of benzene rings is 1. The standard InChI is InChI=1S/C21H24N2OS2/c1-14-7-9-15(10-8-14)20-22-16(13-26-20)12-18(24)23-19(21(2,3)4)17-6-5-11-25-17/h5-11,13,19H,12H2,1-4H3,(H,23,24). The van der Waals surface area contributed by atoms with Gasteiger partial charge in [0, 0.05) is 15.8 Å². The van der Waals surface area contributed by atoms with Crippen molar-refractivity contribution < 1.29 is 4.79 Å². The Bertz CT molecular complexity index is 858. The third-order valence-electron chi connectivity index (χ3n) is 4.19. The van der Waals surface area contributed by atoms with Gasteiger partial charge in [-0.3, -0.25) is 4.79 Å². The minimum Gasteiger partial charge on any atom is -0.348 e. The Morgan fingerprint density at radius 1 is 1.15 bits per heavy atom. The van der Waals surface area contributed by atoms with Gasteiger partial charge < -0.3 is 5.32 Å². The molecular weight excluding hydrogens is 360 g/mol. The van der Waals surface area contributed by atoms with Gasteiger partial charge in [-0.1, -0.05) is 56.7 Å². The molecule has 3 rings (SSSR count). The van der Waals surface area contributed by atoms with Crippen LogP contribution in [0.15, 0.2) is 47.2 Å². The number of hydrogen-bond acceptors (Lipinski definition) is 4. The van der Waals surface area contributed by atoms with E-state index in [0.29, 0.717) is 6.42 Å². The highest BCUT2D eigenvalue weighted by Crippen LogP contribution is 2.35. The third kappa shape index (κ3) is 4.59. The van der Waals surface area contributed by atoms with Gasteiger partial charge in [0.2, 0.25) is 5.91 Å². The Labute approximate surface area is 163 Å². The first kappa shape index (κ1) is 18.8. The van der Waals surface area contributed by atoms with Crippen molar-refractivity contribution in [2.75, 3.05) is 0 Å². The number of carbonyl (C=O) groups is 1. The molecule has 0 aliphatic rings. The van der Waals surface area contributed by atoms with E-state index in [1.807, 2.05) is 11.4 Å². The molecule has 1 amide bonds. The van der Waals surface area contributed by atoms with E-state index >= 15 is 0 Å². The normalized spacial score (nSPS) is 12.8. The molecule has 0 aliphatic heterocycles. The first-order valence-electron chi connectivity index (χ1n) is 8.67. The zero-order valence-electron chi connectivity index (χ0n) is 15.6. The first-order chi connectivity index (χ1) is 12.3. The Kier molecular flexibility index (Phi) is 5.58. The van der Waals surface area contributed by atoms with Crippen LogP contribution in [0.3, 0.4) is 0 Å². The molecule has 1 N–H and O–H groups in total. The van der Waals surface area contributed by atoms with E-state index in [-0.39, 0.29) is 17.4 Å². The number of aromatic nitrogens is 1. The van der Waals surface area contributed by atoms with Crippen LogP contribution in [0.5, 0.6) is 0 Å². The van der Waals surface area contributed by atoms with Gasteiger partial charge in [0.25, 0.3) is 0 Å². The number of nitrogens with one attached hydrogen (secondary N) is 1. The number of carbonyl (C=O) groups excluding carboxylic acids is 1. The largest absolute Gasteiger partial charge is 0.348 e. The van der Waals surface area contributed by atoms with E-state index in [9.17, 15) is 4.79 Å². The molecule has 3 nitrogen and oxygen atoms in total. The van der Waals surface area contributed by atoms with Crippen molar-refractivity contribution in [3.8, 4) is 10.6 Å². The van der Waals surface area contributed by atoms with E-state index < -0.39 is 0 Å². The highest BCUT2D eigenvalue weighted by molar-refractivity contribution is 7.13. The summed E-state index contributed by atoms with van der Waals surface area (Å²) in [7, 11) is 0. The second-order valence-electron chi connectivity index (χ2n) is 7.57. The maximum atomic E-state index is 12.6. The quantitative estimate of drug-likeness (QED) is 0.620. The van der Waals surface area contributed by atoms with Gasteiger partial charge in [-0.05, 0) is 23.8 Å². The van der Waals surface area contributed by atoms with Crippen LogP contribution in [0, 0.1) is 12.3 Å². The fourth-order valence-electron chi connectivity index (χ4n) is 2.76. The van der Waals surface area contributed by atoms with Gasteiger partial charge in [-0.2, -0.15) is 0 Å². The van der Waals surface area contributed by atoms with Gasteiger partial charge in [0.05, 0.1) is 18.2 Å². The molecule has 2 heterocycles. The van der Waals surface area contributed by atoms with Crippen LogP contribution in [0.25, 0.3) is 10.6 Å². The van der Waals surface area contributed by atoms with Crippen LogP contribution in [-0.2, 0) is 11.2 Å². The van der Waals surface area contributed by atoms with Crippen LogP contribution in [0.2, 0.25) is 0 Å². The number of aryl methyl sites for hydroxylation is 1. The maximum absolute atomic E-state index is 12.6. The average Bonchev–Trinajstić information content (AvgIpc) is 3.24. The van der Waals surface area contributed by atoms with E-state index in [1.54, 1.807) is 22.7 Å². The summed E-state index contributed by atoms with van der Waals surface area (Å²) in [6.45, 7) is 8.52. The van der Waals surface area contributed by atoms with Crippen LogP contribution >= 0.6 is 22.7 Å². The van der Waals surface area contributed by atoms with Crippen molar-refractivity contribution in [1.82, 2.24) is 10.3 Å². The minimum atomic E-state index is -0.0460. The summed E-state index contributed by atoms with van der Waals surface area (Å²) in [4.78, 5) is 18.4. The van der Waals surface area contributed by atoms with Crippen LogP contribution < -0.4 is 5.32 Å². The number of thiophene rings is 1. The molecule has 1 unspecified atom stereocenters. The van der Waals surface area contributed by atoms with Crippen molar-refractivity contribution in [2.24, 2.45) is 5.41 Å². The molecule has 0 saturated carbocycles. The zero-order chi connectivity index (χ0) is 18.7. The summed E-state index contributed by atoms with van der Waals surface area (Å²) in [6.07, 6.45) is 0.306. The number of thiazole rings is 1. The SMILES string of the molecule is Cc1ccc(-c2nc(CC(=O)NC(c3cccs3)C(C)(C)C)cs2)cc1. The zero-order valence-corrected chi connectivity index (χ0v) is 17.2. The van der Waals surface area contributed by atoms with Crippen molar-refractivity contribution >= 4 is 28.6 Å². The maximum Gasteiger partial charge on any atom is 0.226 e. The van der Waals surface area contributed by atoms with Crippen LogP contribution in [0.1, 0.15) is 42.9 Å². The monoisotopic (exact) mass is 384 g/mol. The predicted molar refractivity (Wildman–Crippen MR) is 111 cm³/mol. The summed E-state index contributed by atoms with van der Waals surface area (Å²) in [6, 6.07) is 12.4. The fraction of sp³-hybridized carbons (Fsp3) is 0.333. The van der Waals surface area contributed by atoms with E-state index in [0.717, 1.165) is 16.3 Å². The molecule has 26 heavy (non-hydrogen) atoms. The van der Waals surface area contributed by atoms with Crippen molar-refractivity contribution in [2.45, 2.75) is 40.2 Å². The number of nitrogens with zero attached hydrogens (tertiary/aromatic N) is 1. The summed E-state index contributed by atoms with van der Waals surface area (Å²) >= 11 is 3.26. The first-order valence-corrected chi connectivity index (χ1v) is 10.4. The molecule has 0 bridgehead atoms. The molecule has 0 aliphatic carbocycles. The molecular formula is C21H24N2OS2.